The molecular formula is C36H24N2O2. The van der Waals surface area contributed by atoms with Gasteiger partial charge in [-0.3, -0.25) is 0 Å². The molecule has 7 aromatic rings. The van der Waals surface area contributed by atoms with Crippen molar-refractivity contribution in [3.05, 3.63) is 138 Å². The zero-order valence-electron chi connectivity index (χ0n) is 21.6. The smallest absolute Gasteiger partial charge is 0.217 e. The quantitative estimate of drug-likeness (QED) is 0.220. The van der Waals surface area contributed by atoms with Crippen molar-refractivity contribution in [3.63, 3.8) is 0 Å². The highest BCUT2D eigenvalue weighted by atomic mass is 16.5. The number of rotatable bonds is 3. The maximum atomic E-state index is 6.45. The molecule has 0 bridgehead atoms. The zero-order valence-corrected chi connectivity index (χ0v) is 21.6. The molecule has 9 rings (SSSR count). The third kappa shape index (κ3) is 3.16. The lowest BCUT2D eigenvalue weighted by Gasteiger charge is -2.13. The Bertz CT molecular complexity index is 2170. The predicted octanol–water partition coefficient (Wildman–Crippen LogP) is 8.63. The van der Waals surface area contributed by atoms with Crippen LogP contribution in [0.25, 0.3) is 38.1 Å². The molecule has 0 radical (unpaired) electrons. The van der Waals surface area contributed by atoms with Crippen LogP contribution in [0.2, 0.25) is 0 Å². The van der Waals surface area contributed by atoms with Crippen LogP contribution in [0.5, 0.6) is 11.5 Å². The first-order valence-corrected chi connectivity index (χ1v) is 13.8. The second-order valence-electron chi connectivity index (χ2n) is 10.7. The van der Waals surface area contributed by atoms with Crippen molar-refractivity contribution in [2.45, 2.75) is 18.6 Å². The van der Waals surface area contributed by atoms with Crippen LogP contribution in [-0.2, 0) is 11.2 Å². The van der Waals surface area contributed by atoms with Crippen LogP contribution >= 0.6 is 0 Å². The van der Waals surface area contributed by atoms with E-state index in [1.807, 2.05) is 24.3 Å². The van der Waals surface area contributed by atoms with E-state index in [0.29, 0.717) is 5.90 Å². The summed E-state index contributed by atoms with van der Waals surface area (Å²) in [6.07, 6.45) is 0.978. The Kier molecular flexibility index (Phi) is 4.47. The lowest BCUT2D eigenvalue weighted by atomic mass is 10.0. The van der Waals surface area contributed by atoms with E-state index in [1.54, 1.807) is 0 Å². The van der Waals surface area contributed by atoms with Gasteiger partial charge in [0.1, 0.15) is 23.6 Å². The van der Waals surface area contributed by atoms with Crippen LogP contribution in [0.1, 0.15) is 22.7 Å². The summed E-state index contributed by atoms with van der Waals surface area (Å²) < 4.78 is 15.1. The maximum absolute atomic E-state index is 6.45. The van der Waals surface area contributed by atoms with Gasteiger partial charge >= 0.3 is 0 Å². The summed E-state index contributed by atoms with van der Waals surface area (Å²) >= 11 is 0. The average Bonchev–Trinajstić information content (AvgIpc) is 3.69. The second-order valence-corrected chi connectivity index (χ2v) is 10.7. The minimum Gasteiger partial charge on any atom is -0.471 e. The highest BCUT2D eigenvalue weighted by molar-refractivity contribution is 6.15. The Morgan fingerprint density at radius 1 is 0.650 bits per heavy atom. The van der Waals surface area contributed by atoms with Crippen LogP contribution < -0.4 is 4.74 Å². The van der Waals surface area contributed by atoms with Gasteiger partial charge in [0, 0.05) is 28.1 Å². The summed E-state index contributed by atoms with van der Waals surface area (Å²) in [5, 5.41) is 4.83. The van der Waals surface area contributed by atoms with Gasteiger partial charge in [0.05, 0.1) is 16.6 Å². The number of benzene rings is 5. The fourth-order valence-electron chi connectivity index (χ4n) is 6.61. The van der Waals surface area contributed by atoms with Crippen molar-refractivity contribution < 1.29 is 9.47 Å². The van der Waals surface area contributed by atoms with E-state index in [-0.39, 0.29) is 12.1 Å². The van der Waals surface area contributed by atoms with E-state index in [9.17, 15) is 0 Å². The van der Waals surface area contributed by atoms with E-state index in [0.717, 1.165) is 23.5 Å². The minimum atomic E-state index is 0.0750. The Morgan fingerprint density at radius 2 is 1.48 bits per heavy atom. The fraction of sp³-hybridized carbons (Fsp3) is 0.0833. The van der Waals surface area contributed by atoms with Crippen LogP contribution in [0, 0.1) is 0 Å². The first-order valence-electron chi connectivity index (χ1n) is 13.8. The number of para-hydroxylation sites is 2. The first-order chi connectivity index (χ1) is 19.8. The molecule has 0 unspecified atom stereocenters. The predicted molar refractivity (Wildman–Crippen MR) is 161 cm³/mol. The van der Waals surface area contributed by atoms with E-state index >= 15 is 0 Å². The van der Waals surface area contributed by atoms with Crippen LogP contribution in [0.3, 0.4) is 0 Å². The highest BCUT2D eigenvalue weighted by Gasteiger charge is 2.39. The SMILES string of the molecule is c1cc(Oc2ccc3c4ccccc4n4c5ccccc5cc4c3c2)cc(C2=N[C@@H]3c4ccccc4C[C@@H]3O2)c1. The second kappa shape index (κ2) is 8.20. The number of hydrogen-bond acceptors (Lipinski definition) is 3. The van der Waals surface area contributed by atoms with Crippen molar-refractivity contribution in [3.8, 4) is 11.5 Å². The molecule has 0 spiro atoms. The summed E-state index contributed by atoms with van der Waals surface area (Å²) in [4.78, 5) is 4.97. The molecule has 4 nitrogen and oxygen atoms in total. The van der Waals surface area contributed by atoms with Crippen molar-refractivity contribution in [1.29, 1.82) is 0 Å². The Labute approximate surface area is 230 Å². The fourth-order valence-corrected chi connectivity index (χ4v) is 6.61. The third-order valence-electron chi connectivity index (χ3n) is 8.40. The molecule has 2 aliphatic rings. The van der Waals surface area contributed by atoms with Gasteiger partial charge in [0.15, 0.2) is 0 Å². The Morgan fingerprint density at radius 3 is 2.45 bits per heavy atom. The van der Waals surface area contributed by atoms with Gasteiger partial charge in [-0.25, -0.2) is 4.99 Å². The van der Waals surface area contributed by atoms with E-state index in [2.05, 4.69) is 101 Å². The largest absolute Gasteiger partial charge is 0.471 e. The van der Waals surface area contributed by atoms with E-state index in [1.165, 1.54) is 49.2 Å². The van der Waals surface area contributed by atoms with Gasteiger partial charge < -0.3 is 13.9 Å². The van der Waals surface area contributed by atoms with Gasteiger partial charge in [-0.15, -0.1) is 0 Å². The minimum absolute atomic E-state index is 0.0750. The van der Waals surface area contributed by atoms with Crippen molar-refractivity contribution in [2.24, 2.45) is 4.99 Å². The molecule has 1 aliphatic carbocycles. The highest BCUT2D eigenvalue weighted by Crippen LogP contribution is 2.41. The molecule has 190 valence electrons. The molecule has 2 aromatic heterocycles. The number of aliphatic imine (C=N–C) groups is 1. The van der Waals surface area contributed by atoms with Gasteiger partial charge in [-0.05, 0) is 71.1 Å². The summed E-state index contributed by atoms with van der Waals surface area (Å²) in [6, 6.07) is 42.5. The molecule has 40 heavy (non-hydrogen) atoms. The molecule has 2 atom stereocenters. The van der Waals surface area contributed by atoms with E-state index in [4.69, 9.17) is 14.5 Å². The number of fused-ring (bicyclic) bond motifs is 11. The maximum Gasteiger partial charge on any atom is 0.217 e. The Hall–Kier alpha value is -5.09. The number of hydrogen-bond donors (Lipinski definition) is 0. The van der Waals surface area contributed by atoms with Crippen molar-refractivity contribution >= 4 is 44.0 Å². The molecule has 0 saturated heterocycles. The molecule has 5 aromatic carbocycles. The van der Waals surface area contributed by atoms with Gasteiger partial charge in [-0.2, -0.15) is 0 Å². The summed E-state index contributed by atoms with van der Waals surface area (Å²) in [6.45, 7) is 0. The van der Waals surface area contributed by atoms with Crippen LogP contribution in [0.15, 0.2) is 126 Å². The summed E-state index contributed by atoms with van der Waals surface area (Å²) in [5.74, 6) is 2.26. The van der Waals surface area contributed by atoms with E-state index < -0.39 is 0 Å². The molecule has 0 fully saturated rings. The third-order valence-corrected chi connectivity index (χ3v) is 8.40. The monoisotopic (exact) mass is 516 g/mol. The normalized spacial score (nSPS) is 17.8. The number of aromatic nitrogens is 1. The molecule has 4 heteroatoms. The summed E-state index contributed by atoms with van der Waals surface area (Å²) in [7, 11) is 0. The van der Waals surface area contributed by atoms with Crippen LogP contribution in [-0.4, -0.2) is 16.4 Å². The standard InChI is InChI=1S/C36H24N2O2/c1-3-12-27-22(8-1)20-34-35(27)37-36(40-34)24-10-7-11-25(18-24)39-26-16-17-28-29-13-4-6-15-32(29)38-31-14-5-2-9-23(31)19-33(38)30(28)21-26/h1-19,21,34-35H,20H2/t34-,35+/m0/s1. The topological polar surface area (TPSA) is 35.2 Å². The van der Waals surface area contributed by atoms with Crippen LogP contribution in [0.4, 0.5) is 0 Å². The molecule has 0 amide bonds. The number of pyridine rings is 1. The van der Waals surface area contributed by atoms with Crippen molar-refractivity contribution in [1.82, 2.24) is 4.40 Å². The molecule has 3 heterocycles. The Balaban J connectivity index is 1.12. The van der Waals surface area contributed by atoms with Gasteiger partial charge in [0.2, 0.25) is 5.90 Å². The van der Waals surface area contributed by atoms with Gasteiger partial charge in [-0.1, -0.05) is 66.7 Å². The molecule has 0 N–H and O–H groups in total. The number of nitrogens with zero attached hydrogens (tertiary/aromatic N) is 2. The van der Waals surface area contributed by atoms with Gasteiger partial charge in [0.25, 0.3) is 0 Å². The zero-order chi connectivity index (χ0) is 26.2. The van der Waals surface area contributed by atoms with Crippen molar-refractivity contribution in [2.75, 3.05) is 0 Å². The lowest BCUT2D eigenvalue weighted by Crippen LogP contribution is -2.13. The first kappa shape index (κ1) is 21.8. The molecular weight excluding hydrogens is 492 g/mol. The molecule has 1 aliphatic heterocycles. The molecule has 0 saturated carbocycles. The summed E-state index contributed by atoms with van der Waals surface area (Å²) in [5.41, 5.74) is 7.15. The lowest BCUT2D eigenvalue weighted by molar-refractivity contribution is 0.206. The number of ether oxygens (including phenoxy) is 2. The average molecular weight is 517 g/mol.